The number of benzene rings is 1. The van der Waals surface area contributed by atoms with Gasteiger partial charge in [-0.2, -0.15) is 5.10 Å². The Balaban J connectivity index is 0.000000293. The topological polar surface area (TPSA) is 54.7 Å². The largest absolute Gasteiger partial charge is 0.382 e. The molecule has 0 saturated carbocycles. The normalized spacial score (nSPS) is 9.64. The molecule has 0 bridgehead atoms. The number of H-pyrrole nitrogens is 1. The molecule has 0 amide bonds. The van der Waals surface area contributed by atoms with Gasteiger partial charge in [-0.1, -0.05) is 26.3 Å². The molecule has 0 radical (unpaired) electrons. The summed E-state index contributed by atoms with van der Waals surface area (Å²) in [6.07, 6.45) is 1.25. The second kappa shape index (κ2) is 4.65. The van der Waals surface area contributed by atoms with Gasteiger partial charge < -0.3 is 5.73 Å². The average molecular weight is 191 g/mol. The third-order valence-corrected chi connectivity index (χ3v) is 1.75. The Kier molecular flexibility index (Phi) is 3.51. The minimum absolute atomic E-state index is 0.569. The quantitative estimate of drug-likeness (QED) is 0.672. The van der Waals surface area contributed by atoms with Crippen molar-refractivity contribution in [2.24, 2.45) is 0 Å². The van der Waals surface area contributed by atoms with E-state index in [4.69, 9.17) is 5.73 Å². The Morgan fingerprint density at radius 3 is 2.64 bits per heavy atom. The van der Waals surface area contributed by atoms with Gasteiger partial charge in [-0.15, -0.1) is 0 Å². The first-order chi connectivity index (χ1) is 6.69. The van der Waals surface area contributed by atoms with Crippen molar-refractivity contribution in [1.29, 1.82) is 0 Å². The lowest BCUT2D eigenvalue weighted by Crippen LogP contribution is -1.83. The highest BCUT2D eigenvalue weighted by Crippen LogP contribution is 2.17. The summed E-state index contributed by atoms with van der Waals surface area (Å²) in [5, 5.41) is 7.74. The maximum atomic E-state index is 5.58. The standard InChI is InChI=1S/C8H9N3.C3H8/c1-5-2-3-6-7(4-5)10-11-8(6)9;1-3-2/h2-4H,1H3,(H3,9,10,11);3H2,1-2H3. The Bertz CT molecular complexity index is 404. The zero-order valence-corrected chi connectivity index (χ0v) is 8.96. The van der Waals surface area contributed by atoms with Gasteiger partial charge in [0.2, 0.25) is 0 Å². The number of aryl methyl sites for hydroxylation is 1. The number of fused-ring (bicyclic) bond motifs is 1. The minimum Gasteiger partial charge on any atom is -0.382 e. The summed E-state index contributed by atoms with van der Waals surface area (Å²) in [7, 11) is 0. The van der Waals surface area contributed by atoms with E-state index in [0.717, 1.165) is 10.9 Å². The molecule has 0 aliphatic rings. The van der Waals surface area contributed by atoms with Crippen LogP contribution in [0.3, 0.4) is 0 Å². The first-order valence-electron chi connectivity index (χ1n) is 4.89. The van der Waals surface area contributed by atoms with Crippen LogP contribution in [0.2, 0.25) is 0 Å². The monoisotopic (exact) mass is 191 g/mol. The van der Waals surface area contributed by atoms with Gasteiger partial charge in [0.1, 0.15) is 0 Å². The van der Waals surface area contributed by atoms with Gasteiger partial charge in [-0.3, -0.25) is 5.10 Å². The second-order valence-electron chi connectivity index (χ2n) is 3.36. The minimum atomic E-state index is 0.569. The van der Waals surface area contributed by atoms with E-state index in [1.54, 1.807) is 0 Å². The van der Waals surface area contributed by atoms with Crippen LogP contribution in [0, 0.1) is 6.92 Å². The molecule has 1 heterocycles. The Morgan fingerprint density at radius 2 is 2.00 bits per heavy atom. The number of nitrogens with zero attached hydrogens (tertiary/aromatic N) is 1. The van der Waals surface area contributed by atoms with E-state index in [1.165, 1.54) is 12.0 Å². The van der Waals surface area contributed by atoms with Crippen molar-refractivity contribution in [3.63, 3.8) is 0 Å². The number of hydrogen-bond donors (Lipinski definition) is 2. The molecule has 3 nitrogen and oxygen atoms in total. The molecule has 0 unspecified atom stereocenters. The molecule has 0 spiro atoms. The van der Waals surface area contributed by atoms with Gasteiger partial charge in [0.15, 0.2) is 5.82 Å². The van der Waals surface area contributed by atoms with Crippen LogP contribution in [0.15, 0.2) is 18.2 Å². The molecule has 3 heteroatoms. The van der Waals surface area contributed by atoms with E-state index in [2.05, 4.69) is 24.0 Å². The molecule has 1 aromatic heterocycles. The van der Waals surface area contributed by atoms with Crippen LogP contribution in [0.4, 0.5) is 5.82 Å². The number of anilines is 1. The summed E-state index contributed by atoms with van der Waals surface area (Å²) >= 11 is 0. The van der Waals surface area contributed by atoms with Crippen LogP contribution < -0.4 is 5.73 Å². The Morgan fingerprint density at radius 1 is 1.36 bits per heavy atom. The Hall–Kier alpha value is -1.51. The molecule has 0 fully saturated rings. The molecular weight excluding hydrogens is 174 g/mol. The smallest absolute Gasteiger partial charge is 0.153 e. The van der Waals surface area contributed by atoms with Crippen molar-refractivity contribution < 1.29 is 0 Å². The highest BCUT2D eigenvalue weighted by Gasteiger charge is 1.99. The molecule has 0 aliphatic heterocycles. The number of nitrogen functional groups attached to an aromatic ring is 1. The molecule has 2 aromatic rings. The molecular formula is C11H17N3. The van der Waals surface area contributed by atoms with Gasteiger partial charge in [-0.05, 0) is 24.6 Å². The fourth-order valence-electron chi connectivity index (χ4n) is 1.15. The predicted molar refractivity (Wildman–Crippen MR) is 61.2 cm³/mol. The van der Waals surface area contributed by atoms with Crippen LogP contribution in [0.1, 0.15) is 25.8 Å². The lowest BCUT2D eigenvalue weighted by atomic mass is 10.2. The predicted octanol–water partition coefficient (Wildman–Crippen LogP) is 2.87. The molecule has 1 aromatic carbocycles. The van der Waals surface area contributed by atoms with Crippen molar-refractivity contribution in [3.05, 3.63) is 23.8 Å². The summed E-state index contributed by atoms with van der Waals surface area (Å²) in [5.41, 5.74) is 7.80. The third-order valence-electron chi connectivity index (χ3n) is 1.75. The van der Waals surface area contributed by atoms with Crippen molar-refractivity contribution >= 4 is 16.7 Å². The van der Waals surface area contributed by atoms with Crippen molar-refractivity contribution in [2.45, 2.75) is 27.2 Å². The maximum Gasteiger partial charge on any atom is 0.153 e. The number of hydrogen-bond acceptors (Lipinski definition) is 2. The van der Waals surface area contributed by atoms with E-state index in [9.17, 15) is 0 Å². The fraction of sp³-hybridized carbons (Fsp3) is 0.364. The van der Waals surface area contributed by atoms with Crippen LogP contribution >= 0.6 is 0 Å². The van der Waals surface area contributed by atoms with Gasteiger partial charge in [0.25, 0.3) is 0 Å². The molecule has 76 valence electrons. The maximum absolute atomic E-state index is 5.58. The lowest BCUT2D eigenvalue weighted by molar-refractivity contribution is 1.09. The summed E-state index contributed by atoms with van der Waals surface area (Å²) in [6.45, 7) is 6.29. The summed E-state index contributed by atoms with van der Waals surface area (Å²) in [4.78, 5) is 0. The SMILES string of the molecule is CCC.Cc1ccc2c(N)n[nH]c2c1. The average Bonchev–Trinajstić information content (AvgIpc) is 2.49. The highest BCUT2D eigenvalue weighted by molar-refractivity contribution is 5.88. The van der Waals surface area contributed by atoms with Crippen molar-refractivity contribution in [2.75, 3.05) is 5.73 Å². The van der Waals surface area contributed by atoms with E-state index in [1.807, 2.05) is 25.1 Å². The van der Waals surface area contributed by atoms with E-state index in [0.29, 0.717) is 5.82 Å². The van der Waals surface area contributed by atoms with Crippen LogP contribution in [0.25, 0.3) is 10.9 Å². The molecule has 2 rings (SSSR count). The number of nitrogens with one attached hydrogen (secondary N) is 1. The van der Waals surface area contributed by atoms with Gasteiger partial charge in [0.05, 0.1) is 5.52 Å². The molecule has 0 aliphatic carbocycles. The van der Waals surface area contributed by atoms with Crippen molar-refractivity contribution in [1.82, 2.24) is 10.2 Å². The van der Waals surface area contributed by atoms with E-state index in [-0.39, 0.29) is 0 Å². The Labute approximate surface area is 84.3 Å². The van der Waals surface area contributed by atoms with Crippen molar-refractivity contribution in [3.8, 4) is 0 Å². The third kappa shape index (κ3) is 2.25. The number of nitrogens with two attached hydrogens (primary N) is 1. The summed E-state index contributed by atoms with van der Waals surface area (Å²) < 4.78 is 0. The number of aromatic amines is 1. The lowest BCUT2D eigenvalue weighted by Gasteiger charge is -1.90. The van der Waals surface area contributed by atoms with Gasteiger partial charge in [-0.25, -0.2) is 0 Å². The zero-order chi connectivity index (χ0) is 10.6. The first-order valence-corrected chi connectivity index (χ1v) is 4.89. The van der Waals surface area contributed by atoms with Crippen LogP contribution in [0.5, 0.6) is 0 Å². The second-order valence-corrected chi connectivity index (χ2v) is 3.36. The zero-order valence-electron chi connectivity index (χ0n) is 8.96. The summed E-state index contributed by atoms with van der Waals surface area (Å²) in [6, 6.07) is 6.02. The molecule has 3 N–H and O–H groups in total. The highest BCUT2D eigenvalue weighted by atomic mass is 15.1. The van der Waals surface area contributed by atoms with Gasteiger partial charge in [0, 0.05) is 5.39 Å². The molecule has 0 saturated heterocycles. The van der Waals surface area contributed by atoms with E-state index < -0.39 is 0 Å². The summed E-state index contributed by atoms with van der Waals surface area (Å²) in [5.74, 6) is 0.569. The molecule has 0 atom stereocenters. The number of aromatic nitrogens is 2. The number of rotatable bonds is 0. The molecule has 14 heavy (non-hydrogen) atoms. The fourth-order valence-corrected chi connectivity index (χ4v) is 1.15. The van der Waals surface area contributed by atoms with Crippen LogP contribution in [-0.4, -0.2) is 10.2 Å². The first kappa shape index (κ1) is 10.6. The van der Waals surface area contributed by atoms with Gasteiger partial charge >= 0.3 is 0 Å². The van der Waals surface area contributed by atoms with Crippen LogP contribution in [-0.2, 0) is 0 Å². The van der Waals surface area contributed by atoms with E-state index >= 15 is 0 Å².